The van der Waals surface area contributed by atoms with Crippen molar-refractivity contribution >= 4 is 24.0 Å². The zero-order valence-corrected chi connectivity index (χ0v) is 14.9. The van der Waals surface area contributed by atoms with Gasteiger partial charge in [-0.3, -0.25) is 9.48 Å². The molecule has 0 saturated carbocycles. The predicted molar refractivity (Wildman–Crippen MR) is 96.3 cm³/mol. The Morgan fingerprint density at radius 3 is 2.61 bits per heavy atom. The minimum Gasteiger partial charge on any atom is -0.320 e. The number of para-hydroxylation sites is 1. The Morgan fingerprint density at radius 1 is 1.30 bits per heavy atom. The smallest absolute Gasteiger partial charge is 0.273 e. The van der Waals surface area contributed by atoms with Crippen molar-refractivity contribution in [3.63, 3.8) is 0 Å². The molecule has 23 heavy (non-hydrogen) atoms. The standard InChI is InChI=1S/C17H24N4O.ClH/c1-5-18-11-13-8-6-7-9-14(13)19-17(22)16-10-15(12(2)3)20-21(16)4;/h6-10,12,18H,5,11H2,1-4H3,(H,19,22);1H. The van der Waals surface area contributed by atoms with E-state index < -0.39 is 0 Å². The van der Waals surface area contributed by atoms with Crippen LogP contribution in [0.1, 0.15) is 48.4 Å². The van der Waals surface area contributed by atoms with Gasteiger partial charge in [0.1, 0.15) is 5.69 Å². The van der Waals surface area contributed by atoms with E-state index in [0.717, 1.165) is 30.0 Å². The lowest BCUT2D eigenvalue weighted by molar-refractivity contribution is 0.101. The molecule has 1 amide bonds. The number of aromatic nitrogens is 2. The Morgan fingerprint density at radius 2 is 2.00 bits per heavy atom. The number of carbonyl (C=O) groups excluding carboxylic acids is 1. The summed E-state index contributed by atoms with van der Waals surface area (Å²) in [7, 11) is 1.80. The van der Waals surface area contributed by atoms with Gasteiger partial charge < -0.3 is 10.6 Å². The van der Waals surface area contributed by atoms with Gasteiger partial charge in [-0.05, 0) is 30.2 Å². The maximum atomic E-state index is 12.5. The lowest BCUT2D eigenvalue weighted by Crippen LogP contribution is -2.19. The van der Waals surface area contributed by atoms with Crippen LogP contribution in [-0.4, -0.2) is 22.2 Å². The van der Waals surface area contributed by atoms with Crippen molar-refractivity contribution in [3.8, 4) is 0 Å². The van der Waals surface area contributed by atoms with Gasteiger partial charge in [0.2, 0.25) is 0 Å². The third-order valence-electron chi connectivity index (χ3n) is 3.55. The molecule has 2 N–H and O–H groups in total. The molecule has 0 aliphatic rings. The summed E-state index contributed by atoms with van der Waals surface area (Å²) in [4.78, 5) is 12.5. The van der Waals surface area contributed by atoms with Crippen LogP contribution in [0.2, 0.25) is 0 Å². The summed E-state index contributed by atoms with van der Waals surface area (Å²) >= 11 is 0. The highest BCUT2D eigenvalue weighted by Gasteiger charge is 2.16. The number of rotatable bonds is 6. The van der Waals surface area contributed by atoms with Crippen LogP contribution in [-0.2, 0) is 13.6 Å². The van der Waals surface area contributed by atoms with Crippen molar-refractivity contribution in [2.75, 3.05) is 11.9 Å². The van der Waals surface area contributed by atoms with Gasteiger partial charge in [0.25, 0.3) is 5.91 Å². The van der Waals surface area contributed by atoms with Crippen molar-refractivity contribution < 1.29 is 4.79 Å². The molecule has 0 aliphatic carbocycles. The zero-order chi connectivity index (χ0) is 16.1. The second kappa shape index (κ2) is 8.70. The first-order valence-electron chi connectivity index (χ1n) is 7.66. The van der Waals surface area contributed by atoms with E-state index in [1.54, 1.807) is 11.7 Å². The van der Waals surface area contributed by atoms with Gasteiger partial charge in [-0.25, -0.2) is 0 Å². The molecule has 0 unspecified atom stereocenters. The van der Waals surface area contributed by atoms with Crippen LogP contribution in [0.25, 0.3) is 0 Å². The van der Waals surface area contributed by atoms with Crippen molar-refractivity contribution in [3.05, 3.63) is 47.3 Å². The maximum Gasteiger partial charge on any atom is 0.273 e. The number of halogens is 1. The lowest BCUT2D eigenvalue weighted by atomic mass is 10.1. The number of benzene rings is 1. The highest BCUT2D eigenvalue weighted by atomic mass is 35.5. The van der Waals surface area contributed by atoms with Crippen LogP contribution in [0.3, 0.4) is 0 Å². The molecule has 6 heteroatoms. The molecule has 0 saturated heterocycles. The molecular formula is C17H25ClN4O. The molecule has 2 aromatic rings. The van der Waals surface area contributed by atoms with Gasteiger partial charge in [-0.1, -0.05) is 39.0 Å². The fourth-order valence-electron chi connectivity index (χ4n) is 2.23. The maximum absolute atomic E-state index is 12.5. The predicted octanol–water partition coefficient (Wildman–Crippen LogP) is 3.33. The van der Waals surface area contributed by atoms with E-state index in [2.05, 4.69) is 36.5 Å². The van der Waals surface area contributed by atoms with Gasteiger partial charge in [-0.2, -0.15) is 5.10 Å². The number of aryl methyl sites for hydroxylation is 1. The van der Waals surface area contributed by atoms with Crippen LogP contribution < -0.4 is 10.6 Å². The minimum absolute atomic E-state index is 0. The van der Waals surface area contributed by atoms with Gasteiger partial charge in [0.05, 0.1) is 5.69 Å². The number of amides is 1. The second-order valence-corrected chi connectivity index (χ2v) is 5.62. The number of hydrogen-bond acceptors (Lipinski definition) is 3. The van der Waals surface area contributed by atoms with Gasteiger partial charge in [0, 0.05) is 19.3 Å². The average Bonchev–Trinajstić information content (AvgIpc) is 2.88. The lowest BCUT2D eigenvalue weighted by Gasteiger charge is -2.11. The molecule has 0 bridgehead atoms. The molecular weight excluding hydrogens is 312 g/mol. The van der Waals surface area contributed by atoms with Gasteiger partial charge >= 0.3 is 0 Å². The molecule has 1 aromatic heterocycles. The van der Waals surface area contributed by atoms with E-state index in [4.69, 9.17) is 0 Å². The van der Waals surface area contributed by atoms with E-state index in [1.165, 1.54) is 0 Å². The molecule has 2 rings (SSSR count). The van der Waals surface area contributed by atoms with Crippen molar-refractivity contribution in [2.45, 2.75) is 33.2 Å². The van der Waals surface area contributed by atoms with Gasteiger partial charge in [0.15, 0.2) is 0 Å². The third-order valence-corrected chi connectivity index (χ3v) is 3.55. The van der Waals surface area contributed by atoms with Crippen LogP contribution in [0, 0.1) is 0 Å². The van der Waals surface area contributed by atoms with E-state index >= 15 is 0 Å². The highest BCUT2D eigenvalue weighted by Crippen LogP contribution is 2.18. The van der Waals surface area contributed by atoms with Gasteiger partial charge in [-0.15, -0.1) is 12.4 Å². The molecule has 0 fully saturated rings. The molecule has 1 heterocycles. The Balaban J connectivity index is 0.00000264. The number of nitrogens with zero attached hydrogens (tertiary/aromatic N) is 2. The summed E-state index contributed by atoms with van der Waals surface area (Å²) in [5.41, 5.74) is 3.40. The number of carbonyl (C=O) groups is 1. The topological polar surface area (TPSA) is 58.9 Å². The molecule has 5 nitrogen and oxygen atoms in total. The Hall–Kier alpha value is -1.85. The first-order valence-corrected chi connectivity index (χ1v) is 7.66. The largest absolute Gasteiger partial charge is 0.320 e. The molecule has 0 radical (unpaired) electrons. The van der Waals surface area contributed by atoms with Crippen LogP contribution >= 0.6 is 12.4 Å². The fraction of sp³-hybridized carbons (Fsp3) is 0.412. The Bertz CT molecular complexity index is 652. The van der Waals surface area contributed by atoms with Crippen molar-refractivity contribution in [1.82, 2.24) is 15.1 Å². The van der Waals surface area contributed by atoms with E-state index in [-0.39, 0.29) is 18.3 Å². The number of nitrogens with one attached hydrogen (secondary N) is 2. The SMILES string of the molecule is CCNCc1ccccc1NC(=O)c1cc(C(C)C)nn1C.Cl. The Labute approximate surface area is 143 Å². The average molecular weight is 337 g/mol. The summed E-state index contributed by atoms with van der Waals surface area (Å²) in [6.45, 7) is 7.81. The summed E-state index contributed by atoms with van der Waals surface area (Å²) in [5, 5.41) is 10.7. The summed E-state index contributed by atoms with van der Waals surface area (Å²) in [6.07, 6.45) is 0. The fourth-order valence-corrected chi connectivity index (χ4v) is 2.23. The minimum atomic E-state index is -0.133. The molecule has 0 atom stereocenters. The molecule has 126 valence electrons. The molecule has 1 aromatic carbocycles. The van der Waals surface area contributed by atoms with Crippen LogP contribution in [0.5, 0.6) is 0 Å². The molecule has 0 aliphatic heterocycles. The molecule has 0 spiro atoms. The van der Waals surface area contributed by atoms with E-state index in [0.29, 0.717) is 11.6 Å². The zero-order valence-electron chi connectivity index (χ0n) is 14.1. The van der Waals surface area contributed by atoms with Crippen molar-refractivity contribution in [1.29, 1.82) is 0 Å². The summed E-state index contributed by atoms with van der Waals surface area (Å²) in [6, 6.07) is 9.69. The monoisotopic (exact) mass is 336 g/mol. The van der Waals surface area contributed by atoms with E-state index in [9.17, 15) is 4.79 Å². The first-order chi connectivity index (χ1) is 10.5. The summed E-state index contributed by atoms with van der Waals surface area (Å²) in [5.74, 6) is 0.166. The second-order valence-electron chi connectivity index (χ2n) is 5.62. The van der Waals surface area contributed by atoms with E-state index in [1.807, 2.05) is 30.3 Å². The Kier molecular flexibility index (Phi) is 7.26. The number of anilines is 1. The first kappa shape index (κ1) is 19.2. The van der Waals surface area contributed by atoms with Crippen LogP contribution in [0.4, 0.5) is 5.69 Å². The van der Waals surface area contributed by atoms with Crippen LogP contribution in [0.15, 0.2) is 30.3 Å². The quantitative estimate of drug-likeness (QED) is 0.850. The third kappa shape index (κ3) is 4.81. The summed E-state index contributed by atoms with van der Waals surface area (Å²) < 4.78 is 1.64. The normalized spacial score (nSPS) is 10.5. The highest BCUT2D eigenvalue weighted by molar-refractivity contribution is 6.03. The van der Waals surface area contributed by atoms with Crippen molar-refractivity contribution in [2.24, 2.45) is 7.05 Å². The number of hydrogen-bond donors (Lipinski definition) is 2.